The van der Waals surface area contributed by atoms with Crippen molar-refractivity contribution in [2.24, 2.45) is 0 Å². The predicted molar refractivity (Wildman–Crippen MR) is 96.1 cm³/mol. The zero-order valence-corrected chi connectivity index (χ0v) is 15.1. The summed E-state index contributed by atoms with van der Waals surface area (Å²) < 4.78 is 5.38. The molecule has 3 heterocycles. The van der Waals surface area contributed by atoms with E-state index in [2.05, 4.69) is 20.3 Å². The molecule has 0 bridgehead atoms. The van der Waals surface area contributed by atoms with E-state index in [0.29, 0.717) is 29.6 Å². The van der Waals surface area contributed by atoms with Crippen LogP contribution in [-0.2, 0) is 13.1 Å². The number of ether oxygens (including phenoxy) is 1. The zero-order valence-electron chi connectivity index (χ0n) is 15.1. The van der Waals surface area contributed by atoms with Gasteiger partial charge >= 0.3 is 0 Å². The third-order valence-electron chi connectivity index (χ3n) is 5.15. The van der Waals surface area contributed by atoms with Crippen molar-refractivity contribution in [1.82, 2.24) is 25.2 Å². The van der Waals surface area contributed by atoms with Crippen LogP contribution < -0.4 is 10.1 Å². The number of carbonyl (C=O) groups is 2. The Morgan fingerprint density at radius 2 is 2.15 bits per heavy atom. The van der Waals surface area contributed by atoms with Gasteiger partial charge in [-0.3, -0.25) is 14.6 Å². The van der Waals surface area contributed by atoms with Gasteiger partial charge in [0, 0.05) is 30.5 Å². The topological polar surface area (TPSA) is 97.3 Å². The van der Waals surface area contributed by atoms with Crippen LogP contribution in [0.3, 0.4) is 0 Å². The Kier molecular flexibility index (Phi) is 4.70. The van der Waals surface area contributed by atoms with Gasteiger partial charge in [-0.05, 0) is 18.9 Å². The Hall–Kier alpha value is -3.03. The number of pyridine rings is 1. The summed E-state index contributed by atoms with van der Waals surface area (Å²) in [5.74, 6) is 0.104. The fraction of sp³-hybridized carbons (Fsp3) is 0.421. The van der Waals surface area contributed by atoms with Crippen LogP contribution in [0.1, 0.15) is 57.8 Å². The SMILES string of the molecule is COc1nc2c(cc1CNC(=O)c1cnccn1)C(=O)N(C1CCCC1)C2. The Morgan fingerprint density at radius 1 is 1.33 bits per heavy atom. The molecule has 2 aromatic heterocycles. The second kappa shape index (κ2) is 7.30. The summed E-state index contributed by atoms with van der Waals surface area (Å²) in [6, 6.07) is 2.09. The second-order valence-corrected chi connectivity index (χ2v) is 6.80. The number of amides is 2. The fourth-order valence-corrected chi connectivity index (χ4v) is 3.76. The first-order valence-corrected chi connectivity index (χ1v) is 9.09. The van der Waals surface area contributed by atoms with Crippen LogP contribution in [0.2, 0.25) is 0 Å². The molecular formula is C19H21N5O3. The quantitative estimate of drug-likeness (QED) is 0.864. The van der Waals surface area contributed by atoms with Crippen LogP contribution in [0.4, 0.5) is 0 Å². The highest BCUT2D eigenvalue weighted by Gasteiger charge is 2.35. The average Bonchev–Trinajstić information content (AvgIpc) is 3.34. The molecule has 2 aromatic rings. The van der Waals surface area contributed by atoms with Crippen molar-refractivity contribution in [3.63, 3.8) is 0 Å². The Labute approximate surface area is 157 Å². The molecule has 1 fully saturated rings. The van der Waals surface area contributed by atoms with Gasteiger partial charge in [0.05, 0.1) is 31.1 Å². The number of methoxy groups -OCH3 is 1. The largest absolute Gasteiger partial charge is 0.481 e. The van der Waals surface area contributed by atoms with E-state index in [1.165, 1.54) is 38.5 Å². The molecule has 0 atom stereocenters. The lowest BCUT2D eigenvalue weighted by molar-refractivity contribution is 0.0706. The van der Waals surface area contributed by atoms with Crippen LogP contribution in [-0.4, -0.2) is 44.8 Å². The van der Waals surface area contributed by atoms with Crippen LogP contribution in [0.5, 0.6) is 5.88 Å². The van der Waals surface area contributed by atoms with Gasteiger partial charge in [0.1, 0.15) is 5.69 Å². The molecule has 0 radical (unpaired) electrons. The third-order valence-corrected chi connectivity index (χ3v) is 5.15. The van der Waals surface area contributed by atoms with Crippen LogP contribution in [0.15, 0.2) is 24.7 Å². The van der Waals surface area contributed by atoms with Crippen molar-refractivity contribution in [2.45, 2.75) is 44.8 Å². The molecule has 1 aliphatic heterocycles. The lowest BCUT2D eigenvalue weighted by Crippen LogP contribution is -2.33. The zero-order chi connectivity index (χ0) is 18.8. The summed E-state index contributed by atoms with van der Waals surface area (Å²) in [7, 11) is 1.54. The van der Waals surface area contributed by atoms with Crippen molar-refractivity contribution in [3.05, 3.63) is 47.2 Å². The summed E-state index contributed by atoms with van der Waals surface area (Å²) in [6.07, 6.45) is 8.81. The first-order chi connectivity index (χ1) is 13.2. The number of fused-ring (bicyclic) bond motifs is 1. The summed E-state index contributed by atoms with van der Waals surface area (Å²) in [5.41, 5.74) is 2.24. The molecule has 0 spiro atoms. The van der Waals surface area contributed by atoms with E-state index in [4.69, 9.17) is 4.74 Å². The van der Waals surface area contributed by atoms with E-state index in [9.17, 15) is 9.59 Å². The second-order valence-electron chi connectivity index (χ2n) is 6.80. The molecule has 8 nitrogen and oxygen atoms in total. The molecule has 2 amide bonds. The van der Waals surface area contributed by atoms with Gasteiger partial charge in [-0.2, -0.15) is 0 Å². The van der Waals surface area contributed by atoms with Crippen molar-refractivity contribution in [3.8, 4) is 5.88 Å². The summed E-state index contributed by atoms with van der Waals surface area (Å²) in [5, 5.41) is 2.78. The maximum Gasteiger partial charge on any atom is 0.271 e. The van der Waals surface area contributed by atoms with Gasteiger partial charge in [0.15, 0.2) is 0 Å². The average molecular weight is 367 g/mol. The number of nitrogens with zero attached hydrogens (tertiary/aromatic N) is 4. The lowest BCUT2D eigenvalue weighted by atomic mass is 10.1. The van der Waals surface area contributed by atoms with Crippen LogP contribution >= 0.6 is 0 Å². The van der Waals surface area contributed by atoms with E-state index < -0.39 is 0 Å². The minimum atomic E-state index is -0.343. The minimum absolute atomic E-state index is 0.0218. The first kappa shape index (κ1) is 17.4. The lowest BCUT2D eigenvalue weighted by Gasteiger charge is -2.22. The summed E-state index contributed by atoms with van der Waals surface area (Å²) in [4.78, 5) is 39.3. The number of nitrogens with one attached hydrogen (secondary N) is 1. The third kappa shape index (κ3) is 3.34. The number of aromatic nitrogens is 3. The normalized spacial score (nSPS) is 16.5. The Balaban J connectivity index is 1.53. The van der Waals surface area contributed by atoms with E-state index in [1.54, 1.807) is 6.07 Å². The first-order valence-electron chi connectivity index (χ1n) is 9.09. The maximum absolute atomic E-state index is 12.8. The summed E-state index contributed by atoms with van der Waals surface area (Å²) >= 11 is 0. The van der Waals surface area contributed by atoms with Gasteiger partial charge in [0.25, 0.3) is 11.8 Å². The van der Waals surface area contributed by atoms with E-state index in [-0.39, 0.29) is 24.1 Å². The number of rotatable bonds is 5. The molecule has 1 saturated carbocycles. The summed E-state index contributed by atoms with van der Waals surface area (Å²) in [6.45, 7) is 0.719. The molecule has 0 saturated heterocycles. The number of carbonyl (C=O) groups excluding carboxylic acids is 2. The molecule has 2 aliphatic rings. The highest BCUT2D eigenvalue weighted by molar-refractivity contribution is 5.98. The molecule has 8 heteroatoms. The van der Waals surface area contributed by atoms with Crippen molar-refractivity contribution in [1.29, 1.82) is 0 Å². The van der Waals surface area contributed by atoms with E-state index >= 15 is 0 Å². The fourth-order valence-electron chi connectivity index (χ4n) is 3.76. The van der Waals surface area contributed by atoms with Gasteiger partial charge < -0.3 is 15.0 Å². The van der Waals surface area contributed by atoms with Gasteiger partial charge in [0.2, 0.25) is 5.88 Å². The van der Waals surface area contributed by atoms with Crippen molar-refractivity contribution >= 4 is 11.8 Å². The van der Waals surface area contributed by atoms with Gasteiger partial charge in [-0.1, -0.05) is 12.8 Å². The monoisotopic (exact) mass is 367 g/mol. The highest BCUT2D eigenvalue weighted by atomic mass is 16.5. The molecule has 140 valence electrons. The smallest absolute Gasteiger partial charge is 0.271 e. The number of hydrogen-bond acceptors (Lipinski definition) is 6. The Bertz CT molecular complexity index is 865. The Morgan fingerprint density at radius 3 is 2.85 bits per heavy atom. The molecule has 27 heavy (non-hydrogen) atoms. The molecule has 0 aromatic carbocycles. The minimum Gasteiger partial charge on any atom is -0.481 e. The maximum atomic E-state index is 12.8. The molecule has 1 N–H and O–H groups in total. The van der Waals surface area contributed by atoms with E-state index in [0.717, 1.165) is 18.5 Å². The van der Waals surface area contributed by atoms with Crippen molar-refractivity contribution in [2.75, 3.05) is 7.11 Å². The van der Waals surface area contributed by atoms with Gasteiger partial charge in [-0.25, -0.2) is 9.97 Å². The number of hydrogen-bond donors (Lipinski definition) is 1. The standard InChI is InChI=1S/C19H21N5O3/c1-27-18-12(9-22-17(25)15-10-20-6-7-21-15)8-14-16(23-18)11-24(19(14)26)13-4-2-3-5-13/h6-8,10,13H,2-5,9,11H2,1H3,(H,22,25). The molecule has 0 unspecified atom stereocenters. The van der Waals surface area contributed by atoms with Crippen molar-refractivity contribution < 1.29 is 14.3 Å². The van der Waals surface area contributed by atoms with E-state index in [1.807, 2.05) is 4.90 Å². The molecule has 1 aliphatic carbocycles. The predicted octanol–water partition coefficient (Wildman–Crippen LogP) is 1.71. The van der Waals surface area contributed by atoms with Gasteiger partial charge in [-0.15, -0.1) is 0 Å². The van der Waals surface area contributed by atoms with Crippen LogP contribution in [0.25, 0.3) is 0 Å². The molecular weight excluding hydrogens is 346 g/mol. The highest BCUT2D eigenvalue weighted by Crippen LogP contribution is 2.33. The van der Waals surface area contributed by atoms with Crippen LogP contribution in [0, 0.1) is 0 Å². The molecule has 4 rings (SSSR count).